The molecule has 46 heavy (non-hydrogen) atoms. The van der Waals surface area contributed by atoms with E-state index in [2.05, 4.69) is 62.3 Å². The number of nitrogens with zero attached hydrogens (tertiary/aromatic N) is 6. The number of benzene rings is 1. The molecule has 0 amide bonds. The van der Waals surface area contributed by atoms with E-state index in [1.807, 2.05) is 0 Å². The Hall–Kier alpha value is -2.52. The van der Waals surface area contributed by atoms with Gasteiger partial charge in [-0.3, -0.25) is 9.80 Å². The van der Waals surface area contributed by atoms with Crippen LogP contribution >= 0.6 is 0 Å². The number of morpholine rings is 1. The number of hydrogen-bond acceptors (Lipinski definition) is 8. The third kappa shape index (κ3) is 7.15. The zero-order valence-electron chi connectivity index (χ0n) is 28.1. The molecule has 1 aromatic heterocycles. The van der Waals surface area contributed by atoms with Gasteiger partial charge in [-0.25, -0.2) is 4.98 Å². The molecule has 0 bridgehead atoms. The van der Waals surface area contributed by atoms with Gasteiger partial charge in [0.05, 0.1) is 18.4 Å². The Morgan fingerprint density at radius 2 is 1.65 bits per heavy atom. The molecule has 8 rings (SSSR count). The first-order valence-corrected chi connectivity index (χ1v) is 18.6. The van der Waals surface area contributed by atoms with Crippen molar-refractivity contribution in [2.45, 2.75) is 102 Å². The van der Waals surface area contributed by atoms with E-state index < -0.39 is 0 Å². The molecular formula is C38H55N7O. The van der Waals surface area contributed by atoms with E-state index in [1.54, 1.807) is 5.57 Å². The van der Waals surface area contributed by atoms with Crippen molar-refractivity contribution in [3.8, 4) is 0 Å². The monoisotopic (exact) mass is 625 g/mol. The molecule has 8 heteroatoms. The van der Waals surface area contributed by atoms with Gasteiger partial charge in [0.15, 0.2) is 0 Å². The summed E-state index contributed by atoms with van der Waals surface area (Å²) >= 11 is 0. The van der Waals surface area contributed by atoms with Gasteiger partial charge in [0, 0.05) is 63.1 Å². The van der Waals surface area contributed by atoms with Crippen LogP contribution in [0.15, 0.2) is 35.9 Å². The molecule has 1 N–H and O–H groups in total. The lowest BCUT2D eigenvalue weighted by molar-refractivity contribution is 0.0258. The Morgan fingerprint density at radius 1 is 0.870 bits per heavy atom. The quantitative estimate of drug-likeness (QED) is 0.343. The second kappa shape index (κ2) is 13.9. The van der Waals surface area contributed by atoms with Crippen LogP contribution in [-0.4, -0.2) is 96.3 Å². The van der Waals surface area contributed by atoms with Crippen LogP contribution < -0.4 is 10.2 Å². The summed E-state index contributed by atoms with van der Waals surface area (Å²) in [5.41, 5.74) is 6.81. The topological polar surface area (TPSA) is 60.0 Å². The van der Waals surface area contributed by atoms with Crippen molar-refractivity contribution in [2.24, 2.45) is 5.92 Å². The fourth-order valence-electron chi connectivity index (χ4n) is 8.63. The largest absolute Gasteiger partial charge is 0.374 e. The van der Waals surface area contributed by atoms with Crippen LogP contribution in [0.3, 0.4) is 0 Å². The molecule has 6 aliphatic rings. The number of aromatic nitrogens is 2. The second-order valence-corrected chi connectivity index (χ2v) is 15.2. The van der Waals surface area contributed by atoms with Crippen LogP contribution in [0.4, 0.5) is 17.5 Å². The molecular weight excluding hydrogens is 570 g/mol. The van der Waals surface area contributed by atoms with Gasteiger partial charge in [-0.2, -0.15) is 4.98 Å². The first-order valence-electron chi connectivity index (χ1n) is 18.6. The van der Waals surface area contributed by atoms with E-state index in [0.29, 0.717) is 12.1 Å². The lowest BCUT2D eigenvalue weighted by Gasteiger charge is -2.36. The first kappa shape index (κ1) is 30.8. The fourth-order valence-corrected chi connectivity index (χ4v) is 8.63. The second-order valence-electron chi connectivity index (χ2n) is 15.2. The van der Waals surface area contributed by atoms with Gasteiger partial charge >= 0.3 is 0 Å². The predicted molar refractivity (Wildman–Crippen MR) is 186 cm³/mol. The molecule has 4 aliphatic heterocycles. The maximum atomic E-state index is 6.16. The Morgan fingerprint density at radius 3 is 2.41 bits per heavy atom. The smallest absolute Gasteiger partial charge is 0.227 e. The van der Waals surface area contributed by atoms with E-state index in [9.17, 15) is 0 Å². The zero-order chi connectivity index (χ0) is 30.9. The molecule has 5 heterocycles. The molecule has 1 unspecified atom stereocenters. The van der Waals surface area contributed by atoms with Gasteiger partial charge in [0.25, 0.3) is 0 Å². The predicted octanol–water partition coefficient (Wildman–Crippen LogP) is 6.32. The number of fused-ring (bicyclic) bond motifs is 1. The fraction of sp³-hybridized carbons (Fsp3) is 0.684. The van der Waals surface area contributed by atoms with Crippen molar-refractivity contribution in [3.63, 3.8) is 0 Å². The van der Waals surface area contributed by atoms with E-state index in [-0.39, 0.29) is 0 Å². The van der Waals surface area contributed by atoms with Crippen LogP contribution in [0.5, 0.6) is 0 Å². The highest BCUT2D eigenvalue weighted by molar-refractivity contribution is 5.63. The lowest BCUT2D eigenvalue weighted by Crippen LogP contribution is -2.44. The van der Waals surface area contributed by atoms with Gasteiger partial charge < -0.3 is 19.9 Å². The van der Waals surface area contributed by atoms with E-state index >= 15 is 0 Å². The first-order chi connectivity index (χ1) is 22.6. The van der Waals surface area contributed by atoms with Crippen LogP contribution in [0.25, 0.3) is 0 Å². The van der Waals surface area contributed by atoms with Crippen LogP contribution in [0.2, 0.25) is 0 Å². The molecule has 2 aliphatic carbocycles. The van der Waals surface area contributed by atoms with Crippen molar-refractivity contribution >= 4 is 17.5 Å². The molecule has 5 fully saturated rings. The molecule has 0 spiro atoms. The summed E-state index contributed by atoms with van der Waals surface area (Å²) in [5.74, 6) is 3.33. The van der Waals surface area contributed by atoms with Gasteiger partial charge in [-0.1, -0.05) is 43.0 Å². The molecule has 2 aromatic rings. The normalized spacial score (nSPS) is 26.0. The van der Waals surface area contributed by atoms with Crippen LogP contribution in [-0.2, 0) is 17.8 Å². The number of likely N-dealkylation sites (tertiary alicyclic amines) is 2. The van der Waals surface area contributed by atoms with Crippen molar-refractivity contribution in [3.05, 3.63) is 52.7 Å². The summed E-state index contributed by atoms with van der Waals surface area (Å²) in [6.07, 6.45) is 17.2. The minimum atomic E-state index is 0.325. The van der Waals surface area contributed by atoms with E-state index in [0.717, 1.165) is 68.6 Å². The summed E-state index contributed by atoms with van der Waals surface area (Å²) in [6.45, 7) is 10.3. The summed E-state index contributed by atoms with van der Waals surface area (Å²) in [7, 11) is 2.24. The molecule has 3 saturated heterocycles. The Bertz CT molecular complexity index is 1350. The number of anilines is 3. The SMILES string of the molecule is CN1CCC(=CCN2CCC(N3Cc4nc(N5CCOC(C6CC6)C5)nc(Nc5ccc(C6CCCCC6)cc5)c4C3)CC2)CC1. The summed E-state index contributed by atoms with van der Waals surface area (Å²) < 4.78 is 6.16. The maximum Gasteiger partial charge on any atom is 0.227 e. The Kier molecular flexibility index (Phi) is 9.31. The number of nitrogens with one attached hydrogen (secondary N) is 1. The zero-order valence-corrected chi connectivity index (χ0v) is 28.1. The summed E-state index contributed by atoms with van der Waals surface area (Å²) in [4.78, 5) is 20.7. The number of ether oxygens (including phenoxy) is 1. The number of hydrogen-bond donors (Lipinski definition) is 1. The summed E-state index contributed by atoms with van der Waals surface area (Å²) in [5, 5.41) is 3.79. The third-order valence-corrected chi connectivity index (χ3v) is 11.9. The molecule has 1 atom stereocenters. The maximum absolute atomic E-state index is 6.16. The van der Waals surface area contributed by atoms with E-state index in [1.165, 1.54) is 114 Å². The van der Waals surface area contributed by atoms with Crippen LogP contribution in [0, 0.1) is 5.92 Å². The number of rotatable bonds is 8. The number of piperidine rings is 2. The van der Waals surface area contributed by atoms with Crippen molar-refractivity contribution in [2.75, 3.05) is 69.7 Å². The highest BCUT2D eigenvalue weighted by Gasteiger charge is 2.37. The van der Waals surface area contributed by atoms with Crippen molar-refractivity contribution < 1.29 is 4.74 Å². The van der Waals surface area contributed by atoms with Gasteiger partial charge in [-0.15, -0.1) is 0 Å². The third-order valence-electron chi connectivity index (χ3n) is 11.9. The van der Waals surface area contributed by atoms with Gasteiger partial charge in [0.1, 0.15) is 5.82 Å². The van der Waals surface area contributed by atoms with Crippen molar-refractivity contribution in [1.82, 2.24) is 24.7 Å². The molecule has 248 valence electrons. The minimum Gasteiger partial charge on any atom is -0.374 e. The molecule has 0 radical (unpaired) electrons. The average molecular weight is 626 g/mol. The van der Waals surface area contributed by atoms with Crippen LogP contribution in [0.1, 0.15) is 93.4 Å². The van der Waals surface area contributed by atoms with Crippen molar-refractivity contribution in [1.29, 1.82) is 0 Å². The molecule has 8 nitrogen and oxygen atoms in total. The highest BCUT2D eigenvalue weighted by Crippen LogP contribution is 2.38. The molecule has 1 aromatic carbocycles. The summed E-state index contributed by atoms with van der Waals surface area (Å²) in [6, 6.07) is 9.87. The Labute approximate surface area is 276 Å². The average Bonchev–Trinajstić information content (AvgIpc) is 3.87. The Balaban J connectivity index is 0.960. The minimum absolute atomic E-state index is 0.325. The van der Waals surface area contributed by atoms with Gasteiger partial charge in [-0.05, 0) is 101 Å². The highest BCUT2D eigenvalue weighted by atomic mass is 16.5. The van der Waals surface area contributed by atoms with Gasteiger partial charge in [0.2, 0.25) is 5.95 Å². The van der Waals surface area contributed by atoms with E-state index in [4.69, 9.17) is 14.7 Å². The standard InChI is InChI=1S/C38H55N7O/c1-42-18-13-28(14-19-42)15-20-43-21-16-33(17-22-43)45-25-34-35(26-45)40-38(44-23-24-46-36(27-44)31-7-8-31)41-37(34)39-32-11-9-30(10-12-32)29-5-3-2-4-6-29/h9-12,15,29,31,33,36H,2-8,13-14,16-27H2,1H3,(H,39,40,41). The molecule has 2 saturated carbocycles. The lowest BCUT2D eigenvalue weighted by atomic mass is 9.84.